The van der Waals surface area contributed by atoms with E-state index in [1.165, 1.54) is 27.8 Å². The van der Waals surface area contributed by atoms with Crippen molar-refractivity contribution in [3.05, 3.63) is 52.6 Å². The standard InChI is InChI=1S/C14H15O.2ClH.Ti/c1-10-7-11(2)14(8-10)13-6-4-3-5-12(13)9-15;;;/h3-7H,8-9H2,1-2H3;2*1H;/q-1;;;+1. The first-order chi connectivity index (χ1) is 7.72. The van der Waals surface area contributed by atoms with Crippen molar-refractivity contribution in [1.82, 2.24) is 0 Å². The van der Waals surface area contributed by atoms with Gasteiger partial charge >= 0.3 is 109 Å². The number of rotatable bonds is 3. The van der Waals surface area contributed by atoms with E-state index < -0.39 is 0 Å². The van der Waals surface area contributed by atoms with E-state index in [4.69, 9.17) is 3.32 Å². The van der Waals surface area contributed by atoms with Crippen molar-refractivity contribution in [3.8, 4) is 0 Å². The molecule has 0 bridgehead atoms. The minimum atomic E-state index is 0. The largest absolute Gasteiger partial charge is 0.147 e. The molecule has 0 N–H and O–H groups in total. The molecule has 0 saturated carbocycles. The molecular weight excluding hydrogens is 303 g/mol. The number of halogens is 2. The monoisotopic (exact) mass is 319 g/mol. The summed E-state index contributed by atoms with van der Waals surface area (Å²) in [7, 11) is 0. The summed E-state index contributed by atoms with van der Waals surface area (Å²) in [6, 6.07) is 8.51. The Bertz CT molecular complexity index is 467. The Labute approximate surface area is 133 Å². The van der Waals surface area contributed by atoms with Crippen molar-refractivity contribution >= 4 is 30.4 Å². The van der Waals surface area contributed by atoms with Crippen molar-refractivity contribution in [2.75, 3.05) is 0 Å². The Morgan fingerprint density at radius 3 is 2.39 bits per heavy atom. The first-order valence-corrected chi connectivity index (χ1v) is 6.10. The van der Waals surface area contributed by atoms with Gasteiger partial charge in [-0.15, -0.1) is 24.8 Å². The SMILES string of the molecule is CC1=CC(C)=C(c2ccccc2C[O][Ti])C1.Cl.Cl. The number of allylic oxidation sites excluding steroid dienone is 4. The van der Waals surface area contributed by atoms with E-state index in [1.807, 2.05) is 0 Å². The molecule has 0 radical (unpaired) electrons. The molecule has 0 fully saturated rings. The maximum absolute atomic E-state index is 5.25. The molecule has 0 unspecified atom stereocenters. The summed E-state index contributed by atoms with van der Waals surface area (Å²) in [6.07, 6.45) is 3.35. The number of hydrogen-bond acceptors (Lipinski definition) is 1. The molecule has 0 heterocycles. The van der Waals surface area contributed by atoms with Crippen LogP contribution >= 0.6 is 24.8 Å². The fourth-order valence-electron chi connectivity index (χ4n) is 2.25. The van der Waals surface area contributed by atoms with E-state index in [0.29, 0.717) is 6.61 Å². The molecule has 18 heavy (non-hydrogen) atoms. The first kappa shape index (κ1) is 18.0. The summed E-state index contributed by atoms with van der Waals surface area (Å²) in [4.78, 5) is 0. The predicted octanol–water partition coefficient (Wildman–Crippen LogP) is 4.63. The normalized spacial score (nSPS) is 13.7. The Kier molecular flexibility index (Phi) is 8.17. The molecule has 2 rings (SSSR count). The molecule has 97 valence electrons. The molecule has 0 spiro atoms. The van der Waals surface area contributed by atoms with Crippen LogP contribution in [0.15, 0.2) is 41.5 Å². The van der Waals surface area contributed by atoms with Gasteiger partial charge in [-0.3, -0.25) is 0 Å². The van der Waals surface area contributed by atoms with Crippen LogP contribution in [0, 0.1) is 0 Å². The van der Waals surface area contributed by atoms with Crippen LogP contribution in [-0.4, -0.2) is 0 Å². The fraction of sp³-hybridized carbons (Fsp3) is 0.286. The Balaban J connectivity index is 0.00000144. The summed E-state index contributed by atoms with van der Waals surface area (Å²) in [5, 5.41) is 0. The molecule has 0 aliphatic heterocycles. The second kappa shape index (κ2) is 8.19. The van der Waals surface area contributed by atoms with Crippen molar-refractivity contribution in [2.24, 2.45) is 0 Å². The average Bonchev–Trinajstić information content (AvgIpc) is 2.59. The Morgan fingerprint density at radius 2 is 1.83 bits per heavy atom. The molecule has 0 aromatic heterocycles. The van der Waals surface area contributed by atoms with Crippen LogP contribution in [0.5, 0.6) is 0 Å². The van der Waals surface area contributed by atoms with Crippen molar-refractivity contribution in [3.63, 3.8) is 0 Å². The van der Waals surface area contributed by atoms with E-state index in [-0.39, 0.29) is 24.8 Å². The zero-order chi connectivity index (χ0) is 11.5. The molecule has 1 aromatic rings. The summed E-state index contributed by atoms with van der Waals surface area (Å²) in [5.74, 6) is 0. The first-order valence-electron chi connectivity index (χ1n) is 5.46. The van der Waals surface area contributed by atoms with Crippen LogP contribution < -0.4 is 0 Å². The fourth-order valence-corrected chi connectivity index (χ4v) is 2.49. The van der Waals surface area contributed by atoms with Gasteiger partial charge in [-0.05, 0) is 0 Å². The van der Waals surface area contributed by atoms with Gasteiger partial charge in [0.15, 0.2) is 0 Å². The number of hydrogen-bond donors (Lipinski definition) is 0. The Morgan fingerprint density at radius 1 is 1.17 bits per heavy atom. The van der Waals surface area contributed by atoms with E-state index in [9.17, 15) is 0 Å². The second-order valence-corrected chi connectivity index (χ2v) is 4.73. The quantitative estimate of drug-likeness (QED) is 0.738. The van der Waals surface area contributed by atoms with Crippen LogP contribution in [0.2, 0.25) is 0 Å². The molecule has 0 amide bonds. The second-order valence-electron chi connectivity index (χ2n) is 4.27. The molecule has 4 heteroatoms. The van der Waals surface area contributed by atoms with Crippen LogP contribution in [0.25, 0.3) is 5.57 Å². The van der Waals surface area contributed by atoms with Crippen molar-refractivity contribution in [2.45, 2.75) is 26.9 Å². The maximum Gasteiger partial charge on any atom is -0.147 e. The van der Waals surface area contributed by atoms with Gasteiger partial charge in [-0.1, -0.05) is 0 Å². The van der Waals surface area contributed by atoms with Gasteiger partial charge in [0.1, 0.15) is 0 Å². The van der Waals surface area contributed by atoms with Crippen LogP contribution in [0.3, 0.4) is 0 Å². The van der Waals surface area contributed by atoms with E-state index >= 15 is 0 Å². The van der Waals surface area contributed by atoms with E-state index in [2.05, 4.69) is 44.2 Å². The van der Waals surface area contributed by atoms with Crippen molar-refractivity contribution < 1.29 is 24.1 Å². The van der Waals surface area contributed by atoms with Gasteiger partial charge < -0.3 is 0 Å². The molecule has 0 atom stereocenters. The Hall–Kier alpha value is -0.0457. The molecule has 1 aromatic carbocycles. The van der Waals surface area contributed by atoms with E-state index in [1.54, 1.807) is 20.8 Å². The minimum Gasteiger partial charge on any atom is -0.147 e. The molecular formula is C14H17Cl2OTi. The molecule has 1 nitrogen and oxygen atoms in total. The zero-order valence-electron chi connectivity index (χ0n) is 10.5. The van der Waals surface area contributed by atoms with Gasteiger partial charge in [-0.25, -0.2) is 0 Å². The topological polar surface area (TPSA) is 9.23 Å². The third-order valence-corrected chi connectivity index (χ3v) is 3.19. The van der Waals surface area contributed by atoms with Crippen LogP contribution in [0.1, 0.15) is 31.4 Å². The predicted molar refractivity (Wildman–Crippen MR) is 76.7 cm³/mol. The third kappa shape index (κ3) is 3.98. The smallest absolute Gasteiger partial charge is 0.147 e. The zero-order valence-corrected chi connectivity index (χ0v) is 13.7. The molecule has 1 aliphatic carbocycles. The number of benzene rings is 1. The van der Waals surface area contributed by atoms with Gasteiger partial charge in [0, 0.05) is 0 Å². The minimum absolute atomic E-state index is 0. The summed E-state index contributed by atoms with van der Waals surface area (Å²) >= 11 is 1.75. The van der Waals surface area contributed by atoms with Gasteiger partial charge in [0.25, 0.3) is 0 Å². The summed E-state index contributed by atoms with van der Waals surface area (Å²) in [6.45, 7) is 5.07. The van der Waals surface area contributed by atoms with Crippen molar-refractivity contribution in [1.29, 1.82) is 0 Å². The molecule has 1 aliphatic rings. The van der Waals surface area contributed by atoms with Crippen LogP contribution in [0.4, 0.5) is 0 Å². The van der Waals surface area contributed by atoms with Gasteiger partial charge in [0.2, 0.25) is 0 Å². The van der Waals surface area contributed by atoms with Crippen LogP contribution in [-0.2, 0) is 30.7 Å². The summed E-state index contributed by atoms with van der Waals surface area (Å²) < 4.78 is 5.25. The van der Waals surface area contributed by atoms with E-state index in [0.717, 1.165) is 6.42 Å². The van der Waals surface area contributed by atoms with Gasteiger partial charge in [-0.2, -0.15) is 0 Å². The maximum atomic E-state index is 5.25. The summed E-state index contributed by atoms with van der Waals surface area (Å²) in [5.41, 5.74) is 6.91. The third-order valence-electron chi connectivity index (χ3n) is 2.96. The average molecular weight is 320 g/mol. The van der Waals surface area contributed by atoms with Gasteiger partial charge in [0.05, 0.1) is 0 Å². The molecule has 0 saturated heterocycles.